The summed E-state index contributed by atoms with van der Waals surface area (Å²) in [7, 11) is 0. The van der Waals surface area contributed by atoms with Gasteiger partial charge in [-0.05, 0) is 52.4 Å². The van der Waals surface area contributed by atoms with E-state index < -0.39 is 0 Å². The lowest BCUT2D eigenvalue weighted by molar-refractivity contribution is -0.104. The van der Waals surface area contributed by atoms with E-state index >= 15 is 0 Å². The molecule has 0 atom stereocenters. The van der Waals surface area contributed by atoms with Gasteiger partial charge in [0.25, 0.3) is 0 Å². The molecule has 4 heteroatoms. The molecule has 0 amide bonds. The lowest BCUT2D eigenvalue weighted by Gasteiger charge is -1.86. The lowest BCUT2D eigenvalue weighted by Crippen LogP contribution is -1.72. The Morgan fingerprint density at radius 2 is 1.76 bits per heavy atom. The van der Waals surface area contributed by atoms with Gasteiger partial charge < -0.3 is 0 Å². The second kappa shape index (κ2) is 8.58. The molecule has 0 aliphatic carbocycles. The Balaban J connectivity index is 0.000000181. The smallest absolute Gasteiger partial charge is 0.142 e. The van der Waals surface area contributed by atoms with Gasteiger partial charge in [0.2, 0.25) is 0 Å². The van der Waals surface area contributed by atoms with Crippen LogP contribution >= 0.6 is 22.6 Å². The first kappa shape index (κ1) is 13.5. The van der Waals surface area contributed by atoms with Crippen LogP contribution in [0.2, 0.25) is 0 Å². The number of aldehydes is 1. The van der Waals surface area contributed by atoms with Gasteiger partial charge >= 0.3 is 0 Å². The third-order valence-electron chi connectivity index (χ3n) is 1.68. The van der Waals surface area contributed by atoms with Crippen molar-refractivity contribution in [2.75, 3.05) is 0 Å². The van der Waals surface area contributed by atoms with Gasteiger partial charge in [-0.3, -0.25) is 14.8 Å². The number of carbonyl (C=O) groups is 1. The fraction of sp³-hybridized carbons (Fsp3) is 0. The predicted octanol–water partition coefficient (Wildman–Crippen LogP) is 2.98. The van der Waals surface area contributed by atoms with Crippen molar-refractivity contribution in [3.63, 3.8) is 0 Å². The van der Waals surface area contributed by atoms with Crippen LogP contribution in [-0.4, -0.2) is 16.3 Å². The molecule has 2 aromatic heterocycles. The molecule has 0 saturated heterocycles. The van der Waals surface area contributed by atoms with E-state index in [-0.39, 0.29) is 0 Å². The average molecular weight is 338 g/mol. The molecule has 0 aliphatic rings. The Labute approximate surface area is 114 Å². The third-order valence-corrected chi connectivity index (χ3v) is 2.32. The number of hydrogen-bond donors (Lipinski definition) is 0. The number of aromatic nitrogens is 2. The third kappa shape index (κ3) is 6.57. The summed E-state index contributed by atoms with van der Waals surface area (Å²) < 4.78 is 1.18. The summed E-state index contributed by atoms with van der Waals surface area (Å²) >= 11 is 2.22. The van der Waals surface area contributed by atoms with Crippen molar-refractivity contribution >= 4 is 35.0 Å². The highest BCUT2D eigenvalue weighted by Crippen LogP contribution is 1.97. The zero-order valence-corrected chi connectivity index (χ0v) is 11.2. The van der Waals surface area contributed by atoms with Crippen LogP contribution in [0.1, 0.15) is 5.56 Å². The van der Waals surface area contributed by atoms with Crippen molar-refractivity contribution in [2.24, 2.45) is 0 Å². The summed E-state index contributed by atoms with van der Waals surface area (Å²) in [6, 6.07) is 7.63. The van der Waals surface area contributed by atoms with Crippen molar-refractivity contribution in [1.29, 1.82) is 0 Å². The minimum atomic E-state index is 0.743. The van der Waals surface area contributed by atoms with Gasteiger partial charge in [0.15, 0.2) is 0 Å². The first-order valence-corrected chi connectivity index (χ1v) is 5.98. The summed E-state index contributed by atoms with van der Waals surface area (Å²) in [5.74, 6) is 0. The Kier molecular flexibility index (Phi) is 6.81. The molecular weight excluding hydrogens is 327 g/mol. The van der Waals surface area contributed by atoms with Crippen molar-refractivity contribution in [3.8, 4) is 0 Å². The number of rotatable bonds is 2. The maximum atomic E-state index is 9.87. The van der Waals surface area contributed by atoms with E-state index in [1.807, 2.05) is 30.5 Å². The molecule has 0 bridgehead atoms. The average Bonchev–Trinajstić information content (AvgIpc) is 2.39. The SMILES string of the molecule is Ic1cccnc1.O=C/C=C/c1cccnc1. The summed E-state index contributed by atoms with van der Waals surface area (Å²) in [6.07, 6.45) is 10.9. The number of halogens is 1. The molecule has 0 saturated carbocycles. The minimum absolute atomic E-state index is 0.743. The predicted molar refractivity (Wildman–Crippen MR) is 76.3 cm³/mol. The summed E-state index contributed by atoms with van der Waals surface area (Å²) in [5.41, 5.74) is 0.939. The second-order valence-electron chi connectivity index (χ2n) is 2.95. The lowest BCUT2D eigenvalue weighted by atomic mass is 10.3. The van der Waals surface area contributed by atoms with E-state index in [0.717, 1.165) is 11.8 Å². The van der Waals surface area contributed by atoms with E-state index in [4.69, 9.17) is 0 Å². The number of hydrogen-bond acceptors (Lipinski definition) is 3. The number of carbonyl (C=O) groups excluding carboxylic acids is 1. The fourth-order valence-electron chi connectivity index (χ4n) is 0.967. The van der Waals surface area contributed by atoms with Crippen LogP contribution in [0.3, 0.4) is 0 Å². The largest absolute Gasteiger partial charge is 0.299 e. The molecule has 0 aromatic carbocycles. The van der Waals surface area contributed by atoms with Crippen molar-refractivity contribution < 1.29 is 4.79 Å². The number of nitrogens with zero attached hydrogens (tertiary/aromatic N) is 2. The van der Waals surface area contributed by atoms with Crippen molar-refractivity contribution in [3.05, 3.63) is 64.3 Å². The van der Waals surface area contributed by atoms with Gasteiger partial charge in [-0.15, -0.1) is 0 Å². The van der Waals surface area contributed by atoms with Crippen LogP contribution in [0.25, 0.3) is 6.08 Å². The molecule has 2 heterocycles. The van der Waals surface area contributed by atoms with Crippen LogP contribution in [0.4, 0.5) is 0 Å². The van der Waals surface area contributed by atoms with Gasteiger partial charge in [0.1, 0.15) is 6.29 Å². The molecule has 0 aliphatic heterocycles. The molecule has 0 radical (unpaired) electrons. The molecule has 3 nitrogen and oxygen atoms in total. The standard InChI is InChI=1S/C8H7NO.C5H4IN/c10-6-2-4-8-3-1-5-9-7-8;6-5-2-1-3-7-4-5/h1-7H;1-4H/b4-2+;. The Morgan fingerprint density at radius 3 is 2.18 bits per heavy atom. The number of allylic oxidation sites excluding steroid dienone is 1. The van der Waals surface area contributed by atoms with Gasteiger partial charge in [0, 0.05) is 28.4 Å². The van der Waals surface area contributed by atoms with Crippen LogP contribution in [0, 0.1) is 3.57 Å². The molecule has 0 N–H and O–H groups in total. The zero-order chi connectivity index (χ0) is 12.3. The summed E-state index contributed by atoms with van der Waals surface area (Å²) in [4.78, 5) is 17.6. The highest BCUT2D eigenvalue weighted by molar-refractivity contribution is 14.1. The van der Waals surface area contributed by atoms with Crippen LogP contribution < -0.4 is 0 Å². The molecule has 2 aromatic rings. The fourth-order valence-corrected chi connectivity index (χ4v) is 1.34. The molecule has 2 rings (SSSR count). The van der Waals surface area contributed by atoms with Crippen molar-refractivity contribution in [2.45, 2.75) is 0 Å². The van der Waals surface area contributed by atoms with E-state index in [0.29, 0.717) is 0 Å². The maximum Gasteiger partial charge on any atom is 0.142 e. The van der Waals surface area contributed by atoms with Crippen LogP contribution in [0.5, 0.6) is 0 Å². The zero-order valence-electron chi connectivity index (χ0n) is 9.03. The van der Waals surface area contributed by atoms with Crippen LogP contribution in [-0.2, 0) is 4.79 Å². The van der Waals surface area contributed by atoms with E-state index in [1.54, 1.807) is 24.7 Å². The topological polar surface area (TPSA) is 42.9 Å². The first-order valence-electron chi connectivity index (χ1n) is 4.90. The van der Waals surface area contributed by atoms with E-state index in [9.17, 15) is 4.79 Å². The Hall–Kier alpha value is -1.56. The summed E-state index contributed by atoms with van der Waals surface area (Å²) in [5, 5.41) is 0. The van der Waals surface area contributed by atoms with Gasteiger partial charge in [-0.25, -0.2) is 0 Å². The van der Waals surface area contributed by atoms with Crippen LogP contribution in [0.15, 0.2) is 55.1 Å². The molecule has 0 fully saturated rings. The normalized spacial score (nSPS) is 9.47. The Bertz CT molecular complexity index is 457. The van der Waals surface area contributed by atoms with Crippen molar-refractivity contribution in [1.82, 2.24) is 9.97 Å². The highest BCUT2D eigenvalue weighted by Gasteiger charge is 1.80. The monoisotopic (exact) mass is 338 g/mol. The molecule has 17 heavy (non-hydrogen) atoms. The molecular formula is C13H11IN2O. The molecule has 0 spiro atoms. The quantitative estimate of drug-likeness (QED) is 0.480. The highest BCUT2D eigenvalue weighted by atomic mass is 127. The second-order valence-corrected chi connectivity index (χ2v) is 4.20. The Morgan fingerprint density at radius 1 is 1.06 bits per heavy atom. The molecule has 86 valence electrons. The minimum Gasteiger partial charge on any atom is -0.299 e. The van der Waals surface area contributed by atoms with E-state index in [2.05, 4.69) is 32.6 Å². The number of pyridine rings is 2. The van der Waals surface area contributed by atoms with Gasteiger partial charge in [-0.1, -0.05) is 12.1 Å². The van der Waals surface area contributed by atoms with Gasteiger partial charge in [-0.2, -0.15) is 0 Å². The summed E-state index contributed by atoms with van der Waals surface area (Å²) in [6.45, 7) is 0. The van der Waals surface area contributed by atoms with Gasteiger partial charge in [0.05, 0.1) is 0 Å². The first-order chi connectivity index (χ1) is 8.33. The van der Waals surface area contributed by atoms with E-state index in [1.165, 1.54) is 9.65 Å². The maximum absolute atomic E-state index is 9.87. The molecule has 0 unspecified atom stereocenters.